The summed E-state index contributed by atoms with van der Waals surface area (Å²) in [6.07, 6.45) is 4.79. The molecule has 1 amide bonds. The smallest absolute Gasteiger partial charge is 0.312 e. The molecule has 4 aliphatic rings. The van der Waals surface area contributed by atoms with Crippen LogP contribution in [0, 0.1) is 30.6 Å². The van der Waals surface area contributed by atoms with Crippen molar-refractivity contribution in [1.82, 2.24) is 9.91 Å². The number of rotatable bonds is 3. The van der Waals surface area contributed by atoms with Gasteiger partial charge < -0.3 is 55.1 Å². The molecule has 0 radical (unpaired) electrons. The van der Waals surface area contributed by atoms with Crippen LogP contribution in [0.4, 0.5) is 5.69 Å². The summed E-state index contributed by atoms with van der Waals surface area (Å²) in [5.74, 6) is -7.59. The fourth-order valence-electron chi connectivity index (χ4n) is 7.53. The molecular formula is C41H56N4O11. The number of ketones is 1. The standard InChI is InChI=1S/C41H56N4O11/c1-20-11-10-12-21(2)40(53)43-31-26(19-42-45-16-14-44(8)15-17-45)36(50)28-29(37(31)51)35(49)25(6)38-30(28)39(52)41(7,56-38)55-18-13-27(54-9)22(3)33(47)24(5)34(48)23(4)32(20)46/h10-13,18-20,22-24,27,32-34,46-51H,14-17H2,1-9H3,(H,43,53)/b11-10+,18-13+,21-12+,42-19?/t20-,22-,23+,24-,27-,32-,33+,34+,41-/m0/s1. The Morgan fingerprint density at radius 2 is 1.52 bits per heavy atom. The Hall–Kier alpha value is -4.67. The van der Waals surface area contributed by atoms with Gasteiger partial charge in [-0.1, -0.05) is 45.9 Å². The van der Waals surface area contributed by atoms with E-state index in [1.807, 2.05) is 7.05 Å². The third-order valence-corrected chi connectivity index (χ3v) is 11.6. The molecule has 6 rings (SSSR count). The van der Waals surface area contributed by atoms with E-state index in [2.05, 4.69) is 15.3 Å². The molecule has 15 heteroatoms. The normalized spacial score (nSPS) is 33.3. The minimum Gasteiger partial charge on any atom is -0.507 e. The van der Waals surface area contributed by atoms with Crippen LogP contribution in [0.5, 0.6) is 23.0 Å². The molecule has 56 heavy (non-hydrogen) atoms. The maximum Gasteiger partial charge on any atom is 0.312 e. The lowest BCUT2D eigenvalue weighted by Crippen LogP contribution is -2.44. The fraction of sp³-hybridized carbons (Fsp3) is 0.537. The highest BCUT2D eigenvalue weighted by Crippen LogP contribution is 2.55. The van der Waals surface area contributed by atoms with Gasteiger partial charge in [-0.05, 0) is 27.0 Å². The third-order valence-electron chi connectivity index (χ3n) is 11.6. The lowest BCUT2D eigenvalue weighted by atomic mass is 9.78. The van der Waals surface area contributed by atoms with Crippen LogP contribution in [0.2, 0.25) is 0 Å². The minimum absolute atomic E-state index is 0.0688. The van der Waals surface area contributed by atoms with E-state index in [0.29, 0.717) is 13.1 Å². The summed E-state index contributed by atoms with van der Waals surface area (Å²) in [6.45, 7) is 13.8. The summed E-state index contributed by atoms with van der Waals surface area (Å²) in [4.78, 5) is 30.1. The average Bonchev–Trinajstić information content (AvgIpc) is 3.44. The average molecular weight is 781 g/mol. The van der Waals surface area contributed by atoms with Crippen molar-refractivity contribution in [1.29, 1.82) is 0 Å². The van der Waals surface area contributed by atoms with Gasteiger partial charge in [0.2, 0.25) is 0 Å². The Morgan fingerprint density at radius 3 is 2.16 bits per heavy atom. The summed E-state index contributed by atoms with van der Waals surface area (Å²) in [6, 6.07) is 0. The van der Waals surface area contributed by atoms with E-state index in [4.69, 9.17) is 14.2 Å². The lowest BCUT2D eigenvalue weighted by Gasteiger charge is -2.36. The SMILES string of the molecule is CO[C@H]1/C=C/O[C@@]2(C)Oc3c(C)c(O)c4c(O)c(c(C=NN5CCN(C)CC5)c(O)c4c3C2=O)NC(=O)/C(C)=C/C=C/[C@H](C)[C@H](O)[C@@H](C)[C@@H](O)[C@@H](C)[C@H](O)[C@H]1C. The lowest BCUT2D eigenvalue weighted by molar-refractivity contribution is -0.112. The summed E-state index contributed by atoms with van der Waals surface area (Å²) < 4.78 is 17.7. The number of hydrogen-bond donors (Lipinski definition) is 7. The maximum atomic E-state index is 14.3. The van der Waals surface area contributed by atoms with Crippen LogP contribution in [0.1, 0.15) is 63.0 Å². The van der Waals surface area contributed by atoms with Crippen molar-refractivity contribution in [2.24, 2.45) is 28.8 Å². The number of anilines is 1. The number of carbonyl (C=O) groups is 2. The third kappa shape index (κ3) is 7.96. The number of phenolic OH excluding ortho intramolecular Hbond substituents is 3. The van der Waals surface area contributed by atoms with E-state index in [-0.39, 0.29) is 44.5 Å². The van der Waals surface area contributed by atoms with E-state index in [1.165, 1.54) is 52.5 Å². The second-order valence-corrected chi connectivity index (χ2v) is 15.5. The van der Waals surface area contributed by atoms with Crippen molar-refractivity contribution in [3.05, 3.63) is 52.8 Å². The van der Waals surface area contributed by atoms with Crippen LogP contribution >= 0.6 is 0 Å². The van der Waals surface area contributed by atoms with Gasteiger partial charge in [-0.2, -0.15) is 5.10 Å². The summed E-state index contributed by atoms with van der Waals surface area (Å²) in [7, 11) is 3.43. The number of carbonyl (C=O) groups excluding carboxylic acids is 2. The maximum absolute atomic E-state index is 14.3. The molecule has 1 fully saturated rings. The number of benzene rings is 2. The number of piperazine rings is 1. The number of amides is 1. The van der Waals surface area contributed by atoms with Crippen LogP contribution in [0.25, 0.3) is 10.8 Å². The highest BCUT2D eigenvalue weighted by atomic mass is 16.7. The number of aliphatic hydroxyl groups is 3. The minimum atomic E-state index is -2.01. The van der Waals surface area contributed by atoms with Crippen LogP contribution in [0.15, 0.2) is 41.2 Å². The van der Waals surface area contributed by atoms with E-state index in [0.717, 1.165) is 13.1 Å². The first-order chi connectivity index (χ1) is 26.3. The zero-order valence-electron chi connectivity index (χ0n) is 33.5. The number of hydrogen-bond acceptors (Lipinski definition) is 14. The summed E-state index contributed by atoms with van der Waals surface area (Å²) in [5.41, 5.74) is -0.290. The molecule has 2 aromatic rings. The van der Waals surface area contributed by atoms with Crippen molar-refractivity contribution in [2.45, 2.75) is 78.7 Å². The number of nitrogens with one attached hydrogen (secondary N) is 1. The number of hydrazone groups is 1. The first-order valence-electron chi connectivity index (χ1n) is 18.9. The zero-order valence-corrected chi connectivity index (χ0v) is 33.5. The van der Waals surface area contributed by atoms with E-state index in [1.54, 1.807) is 44.9 Å². The molecule has 1 saturated heterocycles. The predicted molar refractivity (Wildman–Crippen MR) is 211 cm³/mol. The van der Waals surface area contributed by atoms with Crippen LogP contribution in [-0.2, 0) is 14.3 Å². The van der Waals surface area contributed by atoms with E-state index in [9.17, 15) is 40.2 Å². The summed E-state index contributed by atoms with van der Waals surface area (Å²) >= 11 is 0. The van der Waals surface area contributed by atoms with Crippen LogP contribution < -0.4 is 10.1 Å². The van der Waals surface area contributed by atoms with Crippen LogP contribution in [-0.4, -0.2) is 129 Å². The Balaban J connectivity index is 1.70. The number of methoxy groups -OCH3 is 1. The Bertz CT molecular complexity index is 1950. The Labute approximate surface area is 327 Å². The Kier molecular flexibility index (Phi) is 12.8. The van der Waals surface area contributed by atoms with Gasteiger partial charge in [0.15, 0.2) is 5.75 Å². The quantitative estimate of drug-likeness (QED) is 0.134. The number of nitrogens with zero attached hydrogens (tertiary/aromatic N) is 3. The molecule has 4 aliphatic heterocycles. The van der Waals surface area contributed by atoms with Gasteiger partial charge in [0.05, 0.1) is 59.1 Å². The van der Waals surface area contributed by atoms with Gasteiger partial charge in [-0.15, -0.1) is 0 Å². The molecule has 0 spiro atoms. The molecule has 5 bridgehead atoms. The van der Waals surface area contributed by atoms with Crippen molar-refractivity contribution in [2.75, 3.05) is 45.7 Å². The number of aromatic hydroxyl groups is 3. The first kappa shape index (κ1) is 42.5. The fourth-order valence-corrected chi connectivity index (χ4v) is 7.53. The van der Waals surface area contributed by atoms with E-state index >= 15 is 0 Å². The number of allylic oxidation sites excluding steroid dienone is 2. The number of Topliss-reactive ketones (excluding diaryl/α,β-unsaturated/α-hetero) is 1. The number of ether oxygens (including phenoxy) is 3. The molecular weight excluding hydrogens is 724 g/mol. The molecule has 0 unspecified atom stereocenters. The molecule has 0 aliphatic carbocycles. The highest BCUT2D eigenvalue weighted by molar-refractivity contribution is 6.23. The molecule has 0 aromatic heterocycles. The van der Waals surface area contributed by atoms with Gasteiger partial charge in [0.1, 0.15) is 17.2 Å². The molecule has 306 valence electrons. The van der Waals surface area contributed by atoms with Gasteiger partial charge >= 0.3 is 5.79 Å². The zero-order chi connectivity index (χ0) is 41.4. The first-order valence-corrected chi connectivity index (χ1v) is 18.9. The monoisotopic (exact) mass is 780 g/mol. The van der Waals surface area contributed by atoms with Gasteiger partial charge in [0, 0.05) is 80.4 Å². The Morgan fingerprint density at radius 1 is 0.893 bits per heavy atom. The van der Waals surface area contributed by atoms with E-state index < -0.39 is 82.8 Å². The largest absolute Gasteiger partial charge is 0.507 e. The number of likely N-dealkylation sites (N-methyl/N-ethyl adjacent to an activating group) is 1. The molecule has 15 nitrogen and oxygen atoms in total. The van der Waals surface area contributed by atoms with Crippen molar-refractivity contribution < 1.29 is 54.4 Å². The number of aliphatic hydroxyl groups excluding tert-OH is 3. The molecule has 4 heterocycles. The second-order valence-electron chi connectivity index (χ2n) is 15.5. The van der Waals surface area contributed by atoms with Gasteiger partial charge in [-0.3, -0.25) is 14.6 Å². The molecule has 0 saturated carbocycles. The molecule has 7 N–H and O–H groups in total. The van der Waals surface area contributed by atoms with Gasteiger partial charge in [-0.25, -0.2) is 0 Å². The highest BCUT2D eigenvalue weighted by Gasteiger charge is 2.50. The topological polar surface area (TPSA) is 214 Å². The number of phenols is 3. The predicted octanol–water partition coefficient (Wildman–Crippen LogP) is 3.76. The van der Waals surface area contributed by atoms with Crippen LogP contribution in [0.3, 0.4) is 0 Å². The second kappa shape index (κ2) is 16.8. The summed E-state index contributed by atoms with van der Waals surface area (Å²) in [5, 5.41) is 77.6. The number of fused-ring (bicyclic) bond motifs is 14. The molecule has 9 atom stereocenters. The molecule has 2 aromatic carbocycles. The van der Waals surface area contributed by atoms with Gasteiger partial charge in [0.25, 0.3) is 11.7 Å². The van der Waals surface area contributed by atoms with Crippen molar-refractivity contribution in [3.63, 3.8) is 0 Å². The van der Waals surface area contributed by atoms with Crippen molar-refractivity contribution >= 4 is 34.4 Å². The van der Waals surface area contributed by atoms with Crippen molar-refractivity contribution in [3.8, 4) is 23.0 Å².